The molecule has 0 saturated heterocycles. The van der Waals surface area contributed by atoms with Crippen molar-refractivity contribution in [2.24, 2.45) is 0 Å². The number of hydrogen-bond donors (Lipinski definition) is 1. The van der Waals surface area contributed by atoms with Crippen molar-refractivity contribution in [1.82, 2.24) is 5.32 Å². The van der Waals surface area contributed by atoms with Gasteiger partial charge in [-0.2, -0.15) is 5.26 Å². The van der Waals surface area contributed by atoms with E-state index in [4.69, 9.17) is 16.9 Å². The summed E-state index contributed by atoms with van der Waals surface area (Å²) in [5.74, 6) is 0. The maximum Gasteiger partial charge on any atom is 0.208 e. The Balaban J connectivity index is 3.04. The molecule has 1 aromatic carbocycles. The number of nitrogens with one attached hydrogen (secondary N) is 1. The Morgan fingerprint density at radius 3 is 2.93 bits per heavy atom. The zero-order valence-corrected chi connectivity index (χ0v) is 9.08. The molecule has 0 aliphatic heterocycles. The molecule has 3 nitrogen and oxygen atoms in total. The molecule has 78 valence electrons. The Morgan fingerprint density at radius 1 is 1.67 bits per heavy atom. The van der Waals surface area contributed by atoms with Crippen LogP contribution in [0.25, 0.3) is 0 Å². The number of nitriles is 1. The molecule has 1 aromatic rings. The van der Waals surface area contributed by atoms with Crippen molar-refractivity contribution in [2.45, 2.75) is 19.4 Å². The van der Waals surface area contributed by atoms with Crippen molar-refractivity contribution < 1.29 is 4.79 Å². The fourth-order valence-electron chi connectivity index (χ4n) is 1.32. The van der Waals surface area contributed by atoms with Crippen LogP contribution in [-0.2, 0) is 11.2 Å². The van der Waals surface area contributed by atoms with Crippen LogP contribution in [0.4, 0.5) is 0 Å². The Kier molecular flexibility index (Phi) is 4.14. The highest BCUT2D eigenvalue weighted by atomic mass is 35.5. The highest BCUT2D eigenvalue weighted by Gasteiger charge is 2.10. The number of nitrogens with zero attached hydrogens (tertiary/aromatic N) is 1. The number of hydrogen-bond acceptors (Lipinski definition) is 2. The van der Waals surface area contributed by atoms with E-state index >= 15 is 0 Å². The molecule has 0 radical (unpaired) electrons. The van der Waals surface area contributed by atoms with Gasteiger partial charge in [-0.25, -0.2) is 0 Å². The van der Waals surface area contributed by atoms with Gasteiger partial charge in [0.15, 0.2) is 0 Å². The molecule has 1 rings (SSSR count). The fourth-order valence-corrected chi connectivity index (χ4v) is 1.57. The minimum Gasteiger partial charge on any atom is -0.339 e. The number of amides is 1. The predicted octanol–water partition coefficient (Wildman–Crippen LogP) is 2.21. The summed E-state index contributed by atoms with van der Waals surface area (Å²) in [5.41, 5.74) is 1.73. The lowest BCUT2D eigenvalue weighted by Gasteiger charge is -2.10. The van der Waals surface area contributed by atoms with Crippen LogP contribution in [0.15, 0.2) is 18.2 Å². The minimum absolute atomic E-state index is 0.522. The lowest BCUT2D eigenvalue weighted by Crippen LogP contribution is -2.17. The zero-order valence-electron chi connectivity index (χ0n) is 8.33. The molecule has 0 saturated carbocycles. The summed E-state index contributed by atoms with van der Waals surface area (Å²) >= 11 is 5.95. The monoisotopic (exact) mass is 222 g/mol. The highest BCUT2D eigenvalue weighted by molar-refractivity contribution is 6.31. The van der Waals surface area contributed by atoms with Crippen LogP contribution in [0.3, 0.4) is 0 Å². The molecule has 0 aromatic heterocycles. The van der Waals surface area contributed by atoms with E-state index in [9.17, 15) is 4.79 Å². The van der Waals surface area contributed by atoms with Crippen molar-refractivity contribution in [3.63, 3.8) is 0 Å². The first-order chi connectivity index (χ1) is 7.22. The zero-order chi connectivity index (χ0) is 11.3. The van der Waals surface area contributed by atoms with E-state index in [0.717, 1.165) is 17.5 Å². The molecular weight excluding hydrogens is 212 g/mol. The van der Waals surface area contributed by atoms with Crippen LogP contribution in [0.2, 0.25) is 5.02 Å². The van der Waals surface area contributed by atoms with Gasteiger partial charge in [0, 0.05) is 5.02 Å². The number of carbonyl (C=O) groups excluding carboxylic acids is 1. The van der Waals surface area contributed by atoms with E-state index in [2.05, 4.69) is 5.32 Å². The third-order valence-electron chi connectivity index (χ3n) is 2.15. The number of benzene rings is 1. The summed E-state index contributed by atoms with van der Waals surface area (Å²) in [6, 6.07) is 6.72. The Bertz CT molecular complexity index is 398. The van der Waals surface area contributed by atoms with Gasteiger partial charge < -0.3 is 5.32 Å². The average molecular weight is 223 g/mol. The summed E-state index contributed by atoms with van der Waals surface area (Å²) in [6.45, 7) is 1.99. The van der Waals surface area contributed by atoms with Crippen LogP contribution in [0, 0.1) is 11.3 Å². The fraction of sp³-hybridized carbons (Fsp3) is 0.273. The van der Waals surface area contributed by atoms with E-state index in [-0.39, 0.29) is 0 Å². The number of rotatable bonds is 4. The second kappa shape index (κ2) is 5.38. The molecule has 4 heteroatoms. The number of aryl methyl sites for hydroxylation is 1. The highest BCUT2D eigenvalue weighted by Crippen LogP contribution is 2.21. The molecule has 15 heavy (non-hydrogen) atoms. The van der Waals surface area contributed by atoms with E-state index < -0.39 is 6.04 Å². The largest absolute Gasteiger partial charge is 0.339 e. The van der Waals surface area contributed by atoms with Crippen LogP contribution in [-0.4, -0.2) is 6.41 Å². The summed E-state index contributed by atoms with van der Waals surface area (Å²) in [4.78, 5) is 10.3. The molecule has 0 aliphatic carbocycles. The minimum atomic E-state index is -0.606. The average Bonchev–Trinajstić information content (AvgIpc) is 2.27. The Hall–Kier alpha value is -1.53. The molecular formula is C11H11ClN2O. The van der Waals surface area contributed by atoms with E-state index in [1.165, 1.54) is 0 Å². The molecule has 0 aliphatic rings. The molecule has 0 spiro atoms. The van der Waals surface area contributed by atoms with Crippen molar-refractivity contribution >= 4 is 18.0 Å². The van der Waals surface area contributed by atoms with Gasteiger partial charge in [0.2, 0.25) is 6.41 Å². The topological polar surface area (TPSA) is 52.9 Å². The molecule has 1 atom stereocenters. The third kappa shape index (κ3) is 2.71. The normalized spacial score (nSPS) is 11.5. The second-order valence-electron chi connectivity index (χ2n) is 3.05. The summed E-state index contributed by atoms with van der Waals surface area (Å²) in [7, 11) is 0. The van der Waals surface area contributed by atoms with Gasteiger partial charge in [0.1, 0.15) is 6.04 Å². The molecule has 0 bridgehead atoms. The second-order valence-corrected chi connectivity index (χ2v) is 3.46. The van der Waals surface area contributed by atoms with Gasteiger partial charge in [-0.15, -0.1) is 0 Å². The first-order valence-electron chi connectivity index (χ1n) is 4.60. The molecule has 1 amide bonds. The van der Waals surface area contributed by atoms with Crippen LogP contribution in [0.1, 0.15) is 24.1 Å². The van der Waals surface area contributed by atoms with E-state index in [1.54, 1.807) is 12.1 Å². The van der Waals surface area contributed by atoms with E-state index in [1.807, 2.05) is 19.1 Å². The quantitative estimate of drug-likeness (QED) is 0.795. The lowest BCUT2D eigenvalue weighted by molar-refractivity contribution is -0.109. The maximum atomic E-state index is 10.3. The van der Waals surface area contributed by atoms with E-state index in [0.29, 0.717) is 11.4 Å². The van der Waals surface area contributed by atoms with Crippen LogP contribution >= 0.6 is 11.6 Å². The first kappa shape index (κ1) is 11.5. The van der Waals surface area contributed by atoms with Gasteiger partial charge in [-0.05, 0) is 23.6 Å². The predicted molar refractivity (Wildman–Crippen MR) is 58.4 cm³/mol. The maximum absolute atomic E-state index is 10.3. The lowest BCUT2D eigenvalue weighted by atomic mass is 10.0. The molecule has 0 heterocycles. The number of carbonyl (C=O) groups is 1. The van der Waals surface area contributed by atoms with Gasteiger partial charge in [0.25, 0.3) is 0 Å². The third-order valence-corrected chi connectivity index (χ3v) is 2.52. The molecule has 1 unspecified atom stereocenters. The van der Waals surface area contributed by atoms with Crippen molar-refractivity contribution in [1.29, 1.82) is 5.26 Å². The molecule has 0 fully saturated rings. The van der Waals surface area contributed by atoms with Crippen LogP contribution in [0.5, 0.6) is 0 Å². The standard InChI is InChI=1S/C11H11ClN2O/c1-2-8-5-9(3-4-10(8)12)11(6-13)14-7-15/h3-5,7,11H,2H2,1H3,(H,14,15). The van der Waals surface area contributed by atoms with Gasteiger partial charge >= 0.3 is 0 Å². The number of halogens is 1. The SMILES string of the molecule is CCc1cc(C(C#N)NC=O)ccc1Cl. The first-order valence-corrected chi connectivity index (χ1v) is 4.98. The van der Waals surface area contributed by atoms with Gasteiger partial charge in [-0.1, -0.05) is 30.7 Å². The van der Waals surface area contributed by atoms with Crippen molar-refractivity contribution in [3.05, 3.63) is 34.3 Å². The van der Waals surface area contributed by atoms with Crippen molar-refractivity contribution in [2.75, 3.05) is 0 Å². The van der Waals surface area contributed by atoms with Gasteiger partial charge in [-0.3, -0.25) is 4.79 Å². The summed E-state index contributed by atoms with van der Waals surface area (Å²) in [6.07, 6.45) is 1.32. The van der Waals surface area contributed by atoms with Crippen molar-refractivity contribution in [3.8, 4) is 6.07 Å². The summed E-state index contributed by atoms with van der Waals surface area (Å²) in [5, 5.41) is 12.0. The Labute approximate surface area is 93.7 Å². The summed E-state index contributed by atoms with van der Waals surface area (Å²) < 4.78 is 0. The molecule has 1 N–H and O–H groups in total. The smallest absolute Gasteiger partial charge is 0.208 e. The Morgan fingerprint density at radius 2 is 2.40 bits per heavy atom. The van der Waals surface area contributed by atoms with Gasteiger partial charge in [0.05, 0.1) is 6.07 Å². The van der Waals surface area contributed by atoms with Crippen LogP contribution < -0.4 is 5.32 Å².